The molecule has 2 rings (SSSR count). The summed E-state index contributed by atoms with van der Waals surface area (Å²) in [6.45, 7) is 7.82. The van der Waals surface area contributed by atoms with Crippen LogP contribution in [-0.4, -0.2) is 30.3 Å². The number of rotatable bonds is 8. The van der Waals surface area contributed by atoms with Gasteiger partial charge in [-0.15, -0.1) is 0 Å². The molecule has 1 aliphatic carbocycles. The van der Waals surface area contributed by atoms with Crippen LogP contribution in [0.3, 0.4) is 0 Å². The number of benzene rings is 1. The van der Waals surface area contributed by atoms with E-state index in [1.54, 1.807) is 12.1 Å². The van der Waals surface area contributed by atoms with Crippen LogP contribution in [0, 0.1) is 24.7 Å². The Bertz CT molecular complexity index is 672. The standard InChI is InChI=1S/C23H33NO4/c1-15(2)13-20(24-22(26)19-11-7-17(4)8-12-19)23(27)28-14-21(25)18-9-5-16(3)6-10-18/h5-6,9-10,15,17,19-20H,7-8,11-14H2,1-4H3,(H,24,26)/t17?,19?,20-/m0/s1. The van der Waals surface area contributed by atoms with Gasteiger partial charge in [0.2, 0.25) is 5.91 Å². The van der Waals surface area contributed by atoms with Crippen LogP contribution in [0.25, 0.3) is 0 Å². The molecule has 0 aromatic heterocycles. The molecule has 1 fully saturated rings. The normalized spacial score (nSPS) is 20.5. The molecule has 0 aliphatic heterocycles. The number of carbonyl (C=O) groups excluding carboxylic acids is 3. The molecule has 5 nitrogen and oxygen atoms in total. The van der Waals surface area contributed by atoms with E-state index >= 15 is 0 Å². The molecule has 28 heavy (non-hydrogen) atoms. The fourth-order valence-electron chi connectivity index (χ4n) is 3.56. The van der Waals surface area contributed by atoms with Gasteiger partial charge in [0.15, 0.2) is 12.4 Å². The van der Waals surface area contributed by atoms with Crippen molar-refractivity contribution in [2.45, 2.75) is 65.8 Å². The maximum Gasteiger partial charge on any atom is 0.329 e. The van der Waals surface area contributed by atoms with E-state index in [9.17, 15) is 14.4 Å². The third-order valence-corrected chi connectivity index (χ3v) is 5.41. The number of aryl methyl sites for hydroxylation is 1. The molecule has 0 unspecified atom stereocenters. The average molecular weight is 388 g/mol. The maximum atomic E-state index is 12.6. The number of ketones is 1. The molecule has 154 valence electrons. The largest absolute Gasteiger partial charge is 0.456 e. The number of hydrogen-bond donors (Lipinski definition) is 1. The minimum Gasteiger partial charge on any atom is -0.456 e. The second-order valence-electron chi connectivity index (χ2n) is 8.54. The van der Waals surface area contributed by atoms with E-state index in [0.29, 0.717) is 17.9 Å². The van der Waals surface area contributed by atoms with Gasteiger partial charge in [0.05, 0.1) is 0 Å². The topological polar surface area (TPSA) is 72.5 Å². The van der Waals surface area contributed by atoms with Gasteiger partial charge in [-0.1, -0.05) is 50.6 Å². The molecule has 1 amide bonds. The number of ether oxygens (including phenoxy) is 1. The second kappa shape index (κ2) is 10.4. The van der Waals surface area contributed by atoms with E-state index in [0.717, 1.165) is 31.2 Å². The summed E-state index contributed by atoms with van der Waals surface area (Å²) in [5, 5.41) is 2.88. The molecule has 1 saturated carbocycles. The quantitative estimate of drug-likeness (QED) is 0.539. The van der Waals surface area contributed by atoms with Crippen LogP contribution in [-0.2, 0) is 14.3 Å². The van der Waals surface area contributed by atoms with Crippen molar-refractivity contribution < 1.29 is 19.1 Å². The highest BCUT2D eigenvalue weighted by atomic mass is 16.5. The van der Waals surface area contributed by atoms with E-state index in [-0.39, 0.29) is 30.1 Å². The van der Waals surface area contributed by atoms with Gasteiger partial charge in [0, 0.05) is 11.5 Å². The summed E-state index contributed by atoms with van der Waals surface area (Å²) in [4.78, 5) is 37.4. The SMILES string of the molecule is Cc1ccc(C(=O)COC(=O)[C@H](CC(C)C)NC(=O)C2CCC(C)CC2)cc1. The summed E-state index contributed by atoms with van der Waals surface area (Å²) in [6.07, 6.45) is 4.31. The molecular formula is C23H33NO4. The smallest absolute Gasteiger partial charge is 0.329 e. The van der Waals surface area contributed by atoms with E-state index in [4.69, 9.17) is 4.74 Å². The van der Waals surface area contributed by atoms with Crippen LogP contribution < -0.4 is 5.32 Å². The molecule has 5 heteroatoms. The zero-order valence-corrected chi connectivity index (χ0v) is 17.5. The minimum atomic E-state index is -0.710. The van der Waals surface area contributed by atoms with Crippen molar-refractivity contribution in [2.24, 2.45) is 17.8 Å². The van der Waals surface area contributed by atoms with Gasteiger partial charge in [-0.2, -0.15) is 0 Å². The summed E-state index contributed by atoms with van der Waals surface area (Å²) in [6, 6.07) is 6.44. The molecular weight excluding hydrogens is 354 g/mol. The lowest BCUT2D eigenvalue weighted by Crippen LogP contribution is -2.46. The van der Waals surface area contributed by atoms with Crippen molar-refractivity contribution in [3.63, 3.8) is 0 Å². The lowest BCUT2D eigenvalue weighted by molar-refractivity contribution is -0.148. The first-order valence-corrected chi connectivity index (χ1v) is 10.3. The molecule has 0 bridgehead atoms. The zero-order chi connectivity index (χ0) is 20.7. The molecule has 0 spiro atoms. The first-order valence-electron chi connectivity index (χ1n) is 10.3. The number of esters is 1. The first kappa shape index (κ1) is 22.1. The van der Waals surface area contributed by atoms with Gasteiger partial charge in [-0.25, -0.2) is 4.79 Å². The highest BCUT2D eigenvalue weighted by molar-refractivity contribution is 5.98. The van der Waals surface area contributed by atoms with Gasteiger partial charge < -0.3 is 10.1 Å². The van der Waals surface area contributed by atoms with E-state index in [1.165, 1.54) is 0 Å². The van der Waals surface area contributed by atoms with Crippen LogP contribution in [0.15, 0.2) is 24.3 Å². The molecule has 1 atom stereocenters. The fourth-order valence-corrected chi connectivity index (χ4v) is 3.56. The van der Waals surface area contributed by atoms with Gasteiger partial charge in [-0.3, -0.25) is 9.59 Å². The summed E-state index contributed by atoms with van der Waals surface area (Å²) in [7, 11) is 0. The Hall–Kier alpha value is -2.17. The minimum absolute atomic E-state index is 0.0344. The third kappa shape index (κ3) is 6.77. The highest BCUT2D eigenvalue weighted by Crippen LogP contribution is 2.28. The van der Waals surface area contributed by atoms with Crippen LogP contribution in [0.1, 0.15) is 68.8 Å². The van der Waals surface area contributed by atoms with Crippen molar-refractivity contribution >= 4 is 17.7 Å². The molecule has 1 aromatic carbocycles. The van der Waals surface area contributed by atoms with E-state index < -0.39 is 12.0 Å². The van der Waals surface area contributed by atoms with Crippen molar-refractivity contribution in [2.75, 3.05) is 6.61 Å². The monoisotopic (exact) mass is 387 g/mol. The zero-order valence-electron chi connectivity index (χ0n) is 17.5. The average Bonchev–Trinajstić information content (AvgIpc) is 2.66. The summed E-state index contributed by atoms with van der Waals surface area (Å²) in [5.41, 5.74) is 1.57. The van der Waals surface area contributed by atoms with Gasteiger partial charge in [0.1, 0.15) is 6.04 Å². The number of Topliss-reactive ketones (excluding diaryl/α,β-unsaturated/α-hetero) is 1. The molecule has 0 radical (unpaired) electrons. The fraction of sp³-hybridized carbons (Fsp3) is 0.609. The Morgan fingerprint density at radius 1 is 1.07 bits per heavy atom. The van der Waals surface area contributed by atoms with Gasteiger partial charge in [0.25, 0.3) is 0 Å². The predicted octanol–water partition coefficient (Wildman–Crippen LogP) is 4.08. The second-order valence-corrected chi connectivity index (χ2v) is 8.54. The van der Waals surface area contributed by atoms with E-state index in [1.807, 2.05) is 32.9 Å². The molecule has 0 heterocycles. The Morgan fingerprint density at radius 2 is 1.68 bits per heavy atom. The van der Waals surface area contributed by atoms with Gasteiger partial charge in [-0.05, 0) is 50.9 Å². The van der Waals surface area contributed by atoms with Crippen LogP contribution >= 0.6 is 0 Å². The molecule has 1 aliphatic rings. The highest BCUT2D eigenvalue weighted by Gasteiger charge is 2.29. The molecule has 1 N–H and O–H groups in total. The number of nitrogens with one attached hydrogen (secondary N) is 1. The number of carbonyl (C=O) groups is 3. The molecule has 0 saturated heterocycles. The van der Waals surface area contributed by atoms with Crippen molar-refractivity contribution in [1.29, 1.82) is 0 Å². The third-order valence-electron chi connectivity index (χ3n) is 5.41. The Kier molecular flexibility index (Phi) is 8.21. The van der Waals surface area contributed by atoms with Crippen molar-refractivity contribution in [1.82, 2.24) is 5.32 Å². The van der Waals surface area contributed by atoms with E-state index in [2.05, 4.69) is 12.2 Å². The number of amides is 1. The lowest BCUT2D eigenvalue weighted by Gasteiger charge is -2.27. The van der Waals surface area contributed by atoms with Crippen LogP contribution in [0.4, 0.5) is 0 Å². The first-order chi connectivity index (χ1) is 13.3. The Morgan fingerprint density at radius 3 is 2.25 bits per heavy atom. The van der Waals surface area contributed by atoms with Crippen LogP contribution in [0.2, 0.25) is 0 Å². The van der Waals surface area contributed by atoms with Crippen LogP contribution in [0.5, 0.6) is 0 Å². The maximum absolute atomic E-state index is 12.6. The van der Waals surface area contributed by atoms with Crippen molar-refractivity contribution in [3.05, 3.63) is 35.4 Å². The van der Waals surface area contributed by atoms with Crippen molar-refractivity contribution in [3.8, 4) is 0 Å². The summed E-state index contributed by atoms with van der Waals surface area (Å²) in [5.74, 6) is -0.00608. The summed E-state index contributed by atoms with van der Waals surface area (Å²) < 4.78 is 5.25. The van der Waals surface area contributed by atoms with Gasteiger partial charge >= 0.3 is 5.97 Å². The number of hydrogen-bond acceptors (Lipinski definition) is 4. The Labute approximate surface area is 168 Å². The Balaban J connectivity index is 1.91. The molecule has 1 aromatic rings. The lowest BCUT2D eigenvalue weighted by atomic mass is 9.82. The predicted molar refractivity (Wildman–Crippen MR) is 109 cm³/mol. The summed E-state index contributed by atoms with van der Waals surface area (Å²) >= 11 is 0.